The average Bonchev–Trinajstić information content (AvgIpc) is 2.78. The topological polar surface area (TPSA) is 52.0 Å². The highest BCUT2D eigenvalue weighted by Crippen LogP contribution is 2.21. The van der Waals surface area contributed by atoms with Crippen molar-refractivity contribution < 1.29 is 4.42 Å². The van der Waals surface area contributed by atoms with Crippen molar-refractivity contribution in [2.45, 2.75) is 18.7 Å². The van der Waals surface area contributed by atoms with Crippen molar-refractivity contribution in [3.63, 3.8) is 0 Å². The Bertz CT molecular complexity index is 453. The second-order valence-corrected chi connectivity index (χ2v) is 5.01. The minimum Gasteiger partial charge on any atom is -0.440 e. The van der Waals surface area contributed by atoms with Gasteiger partial charge in [0.25, 0.3) is 0 Å². The smallest absolute Gasteiger partial charge is 0.204 e. The summed E-state index contributed by atoms with van der Waals surface area (Å²) in [5.41, 5.74) is 6.74. The summed E-state index contributed by atoms with van der Waals surface area (Å²) in [6.45, 7) is 2.00. The molecule has 90 valence electrons. The molecule has 2 N–H and O–H groups in total. The van der Waals surface area contributed by atoms with Crippen LogP contribution in [0.1, 0.15) is 12.8 Å². The van der Waals surface area contributed by atoms with Gasteiger partial charge in [-0.25, -0.2) is 4.98 Å². The van der Waals surface area contributed by atoms with E-state index in [1.807, 2.05) is 37.3 Å². The molecule has 1 unspecified atom stereocenters. The summed E-state index contributed by atoms with van der Waals surface area (Å²) >= 11 is 1.74. The number of nitrogens with two attached hydrogens (primary N) is 1. The van der Waals surface area contributed by atoms with Crippen molar-refractivity contribution >= 4 is 11.8 Å². The van der Waals surface area contributed by atoms with Gasteiger partial charge in [-0.05, 0) is 6.92 Å². The van der Waals surface area contributed by atoms with E-state index in [1.54, 1.807) is 18.0 Å². The van der Waals surface area contributed by atoms with Gasteiger partial charge in [-0.3, -0.25) is 0 Å². The lowest BCUT2D eigenvalue weighted by Crippen LogP contribution is -2.17. The quantitative estimate of drug-likeness (QED) is 0.884. The highest BCUT2D eigenvalue weighted by molar-refractivity contribution is 7.98. The summed E-state index contributed by atoms with van der Waals surface area (Å²) in [4.78, 5) is 4.26. The van der Waals surface area contributed by atoms with Crippen molar-refractivity contribution in [1.29, 1.82) is 0 Å². The van der Waals surface area contributed by atoms with Gasteiger partial charge in [0.1, 0.15) is 0 Å². The molecule has 0 aliphatic heterocycles. The molecule has 1 heterocycles. The molecule has 1 aromatic heterocycles. The number of nitrogens with zero attached hydrogens (tertiary/aromatic N) is 1. The zero-order valence-electron chi connectivity index (χ0n) is 9.80. The Morgan fingerprint density at radius 1 is 1.35 bits per heavy atom. The zero-order valence-corrected chi connectivity index (χ0v) is 10.6. The number of hydrogen-bond acceptors (Lipinski definition) is 4. The Labute approximate surface area is 105 Å². The summed E-state index contributed by atoms with van der Waals surface area (Å²) in [7, 11) is 0. The molecular formula is C13H16N2OS. The number of hydrogen-bond donors (Lipinski definition) is 1. The first kappa shape index (κ1) is 12.2. The minimum absolute atomic E-state index is 0.212. The fourth-order valence-electron chi connectivity index (χ4n) is 1.44. The summed E-state index contributed by atoms with van der Waals surface area (Å²) < 4.78 is 5.68. The van der Waals surface area contributed by atoms with Crippen molar-refractivity contribution in [1.82, 2.24) is 4.98 Å². The normalized spacial score (nSPS) is 12.6. The maximum atomic E-state index is 5.68. The first-order chi connectivity index (χ1) is 8.25. The third kappa shape index (κ3) is 3.61. The monoisotopic (exact) mass is 248 g/mol. The molecular weight excluding hydrogens is 232 g/mol. The van der Waals surface area contributed by atoms with E-state index >= 15 is 0 Å². The molecule has 0 saturated carbocycles. The summed E-state index contributed by atoms with van der Waals surface area (Å²) in [6.07, 6.45) is 1.77. The van der Waals surface area contributed by atoms with Gasteiger partial charge in [0, 0.05) is 17.4 Å². The molecule has 0 amide bonds. The van der Waals surface area contributed by atoms with Gasteiger partial charge in [0.15, 0.2) is 5.76 Å². The van der Waals surface area contributed by atoms with Gasteiger partial charge in [-0.1, -0.05) is 30.3 Å². The van der Waals surface area contributed by atoms with Gasteiger partial charge < -0.3 is 10.2 Å². The zero-order chi connectivity index (χ0) is 12.1. The molecule has 0 aliphatic carbocycles. The standard InChI is InChI=1S/C13H16N2OS/c1-10(14)8-17-9-13-15-7-12(16-13)11-5-3-2-4-6-11/h2-7,10H,8-9,14H2,1H3. The van der Waals surface area contributed by atoms with Crippen LogP contribution in [0, 0.1) is 0 Å². The molecule has 0 fully saturated rings. The lowest BCUT2D eigenvalue weighted by Gasteiger charge is -2.01. The van der Waals surface area contributed by atoms with Crippen LogP contribution in [0.5, 0.6) is 0 Å². The van der Waals surface area contributed by atoms with E-state index in [2.05, 4.69) is 4.98 Å². The van der Waals surface area contributed by atoms with E-state index in [1.165, 1.54) is 0 Å². The van der Waals surface area contributed by atoms with Crippen LogP contribution >= 0.6 is 11.8 Å². The number of benzene rings is 1. The molecule has 1 atom stereocenters. The van der Waals surface area contributed by atoms with E-state index in [4.69, 9.17) is 10.2 Å². The molecule has 0 radical (unpaired) electrons. The van der Waals surface area contributed by atoms with Gasteiger partial charge in [-0.15, -0.1) is 0 Å². The highest BCUT2D eigenvalue weighted by atomic mass is 32.2. The molecule has 4 heteroatoms. The number of thioether (sulfide) groups is 1. The van der Waals surface area contributed by atoms with Crippen LogP contribution in [0.25, 0.3) is 11.3 Å². The van der Waals surface area contributed by atoms with E-state index in [-0.39, 0.29) is 6.04 Å². The van der Waals surface area contributed by atoms with Crippen LogP contribution in [0.15, 0.2) is 40.9 Å². The Morgan fingerprint density at radius 3 is 2.82 bits per heavy atom. The van der Waals surface area contributed by atoms with Crippen molar-refractivity contribution in [2.24, 2.45) is 5.73 Å². The maximum absolute atomic E-state index is 5.68. The molecule has 0 bridgehead atoms. The van der Waals surface area contributed by atoms with E-state index in [0.717, 1.165) is 28.7 Å². The fourth-order valence-corrected chi connectivity index (χ4v) is 2.24. The number of oxazole rings is 1. The van der Waals surface area contributed by atoms with Crippen LogP contribution in [0.2, 0.25) is 0 Å². The van der Waals surface area contributed by atoms with Gasteiger partial charge in [0.05, 0.1) is 11.9 Å². The van der Waals surface area contributed by atoms with Gasteiger partial charge in [0.2, 0.25) is 5.89 Å². The number of aromatic nitrogens is 1. The third-order valence-corrected chi connectivity index (χ3v) is 3.43. The van der Waals surface area contributed by atoms with Crippen LogP contribution in [0.3, 0.4) is 0 Å². The molecule has 0 spiro atoms. The van der Waals surface area contributed by atoms with Crippen LogP contribution < -0.4 is 5.73 Å². The molecule has 17 heavy (non-hydrogen) atoms. The van der Waals surface area contributed by atoms with Gasteiger partial charge >= 0.3 is 0 Å². The van der Waals surface area contributed by atoms with Crippen molar-refractivity contribution in [3.8, 4) is 11.3 Å². The summed E-state index contributed by atoms with van der Waals surface area (Å²) in [5, 5.41) is 0. The average molecular weight is 248 g/mol. The largest absolute Gasteiger partial charge is 0.440 e. The Balaban J connectivity index is 1.97. The van der Waals surface area contributed by atoms with Crippen LogP contribution in [0.4, 0.5) is 0 Å². The first-order valence-corrected chi connectivity index (χ1v) is 6.74. The number of rotatable bonds is 5. The fraction of sp³-hybridized carbons (Fsp3) is 0.308. The highest BCUT2D eigenvalue weighted by Gasteiger charge is 2.06. The molecule has 2 aromatic rings. The lowest BCUT2D eigenvalue weighted by atomic mass is 10.2. The van der Waals surface area contributed by atoms with E-state index in [0.29, 0.717) is 0 Å². The maximum Gasteiger partial charge on any atom is 0.204 e. The molecule has 1 aromatic carbocycles. The SMILES string of the molecule is CC(N)CSCc1ncc(-c2ccccc2)o1. The van der Waals surface area contributed by atoms with Crippen molar-refractivity contribution in [2.75, 3.05) is 5.75 Å². The summed E-state index contributed by atoms with van der Waals surface area (Å²) in [6, 6.07) is 10.2. The molecule has 3 nitrogen and oxygen atoms in total. The summed E-state index contributed by atoms with van der Waals surface area (Å²) in [5.74, 6) is 3.27. The first-order valence-electron chi connectivity index (χ1n) is 5.59. The van der Waals surface area contributed by atoms with Gasteiger partial charge in [-0.2, -0.15) is 11.8 Å². The predicted molar refractivity (Wildman–Crippen MR) is 71.8 cm³/mol. The Kier molecular flexibility index (Phi) is 4.23. The van der Waals surface area contributed by atoms with Crippen LogP contribution in [-0.2, 0) is 5.75 Å². The molecule has 2 rings (SSSR count). The lowest BCUT2D eigenvalue weighted by molar-refractivity contribution is 0.530. The molecule has 0 aliphatic rings. The third-order valence-electron chi connectivity index (χ3n) is 2.22. The van der Waals surface area contributed by atoms with E-state index in [9.17, 15) is 0 Å². The Morgan fingerprint density at radius 2 is 2.12 bits per heavy atom. The van der Waals surface area contributed by atoms with Crippen molar-refractivity contribution in [3.05, 3.63) is 42.4 Å². The second kappa shape index (κ2) is 5.89. The Hall–Kier alpha value is -1.26. The molecule has 0 saturated heterocycles. The van der Waals surface area contributed by atoms with Crippen LogP contribution in [-0.4, -0.2) is 16.8 Å². The van der Waals surface area contributed by atoms with E-state index < -0.39 is 0 Å². The second-order valence-electron chi connectivity index (χ2n) is 3.98. The predicted octanol–water partition coefficient (Wildman–Crippen LogP) is 2.92. The minimum atomic E-state index is 0.212.